The van der Waals surface area contributed by atoms with E-state index in [0.29, 0.717) is 0 Å². The van der Waals surface area contributed by atoms with Gasteiger partial charge in [0.25, 0.3) is 0 Å². The maximum atomic E-state index is 11.7. The summed E-state index contributed by atoms with van der Waals surface area (Å²) in [5.74, 6) is 5.54. The Morgan fingerprint density at radius 3 is 2.42 bits per heavy atom. The zero-order valence-electron chi connectivity index (χ0n) is 13.4. The molecule has 0 aliphatic heterocycles. The van der Waals surface area contributed by atoms with E-state index in [4.69, 9.17) is 0 Å². The van der Waals surface area contributed by atoms with Crippen LogP contribution >= 0.6 is 0 Å². The number of carbonyl (C=O) groups is 2. The summed E-state index contributed by atoms with van der Waals surface area (Å²) in [6.45, 7) is 1.73. The quantitative estimate of drug-likeness (QED) is 0.673. The van der Waals surface area contributed by atoms with Gasteiger partial charge < -0.3 is 10.6 Å². The number of hydrogen-bond acceptors (Lipinski definition) is 2. The van der Waals surface area contributed by atoms with Crippen LogP contribution in [0.2, 0.25) is 0 Å². The minimum absolute atomic E-state index is 0.111. The van der Waals surface area contributed by atoms with Crippen LogP contribution in [0, 0.1) is 11.8 Å². The number of rotatable bonds is 4. The first-order valence-electron chi connectivity index (χ1n) is 7.51. The molecule has 0 radical (unpaired) electrons. The van der Waals surface area contributed by atoms with Crippen molar-refractivity contribution in [2.45, 2.75) is 6.92 Å². The average molecular weight is 318 g/mol. The molecule has 2 rings (SSSR count). The predicted molar refractivity (Wildman–Crippen MR) is 96.1 cm³/mol. The zero-order chi connectivity index (χ0) is 17.2. The van der Waals surface area contributed by atoms with Crippen molar-refractivity contribution in [2.75, 3.05) is 11.9 Å². The second kappa shape index (κ2) is 8.96. The molecule has 4 nitrogen and oxygen atoms in total. The smallest absolute Gasteiger partial charge is 0.244 e. The molecule has 2 amide bonds. The number of carbonyl (C=O) groups excluding carboxylic acids is 2. The summed E-state index contributed by atoms with van der Waals surface area (Å²) in [5.41, 5.74) is 2.52. The lowest BCUT2D eigenvalue weighted by Crippen LogP contribution is -2.20. The van der Waals surface area contributed by atoms with Crippen molar-refractivity contribution in [2.24, 2.45) is 0 Å². The third kappa shape index (κ3) is 6.20. The van der Waals surface area contributed by atoms with Crippen molar-refractivity contribution < 1.29 is 9.59 Å². The second-order valence-corrected chi connectivity index (χ2v) is 5.02. The van der Waals surface area contributed by atoms with Gasteiger partial charge in [-0.15, -0.1) is 0 Å². The van der Waals surface area contributed by atoms with Crippen LogP contribution < -0.4 is 10.6 Å². The molecule has 24 heavy (non-hydrogen) atoms. The van der Waals surface area contributed by atoms with Crippen molar-refractivity contribution in [1.82, 2.24) is 5.32 Å². The van der Waals surface area contributed by atoms with Gasteiger partial charge in [0.05, 0.1) is 6.54 Å². The normalized spacial score (nSPS) is 9.88. The third-order valence-electron chi connectivity index (χ3n) is 3.02. The van der Waals surface area contributed by atoms with Crippen LogP contribution in [0.25, 0.3) is 6.08 Å². The van der Waals surface area contributed by atoms with E-state index in [9.17, 15) is 9.59 Å². The molecule has 0 heterocycles. The predicted octanol–water partition coefficient (Wildman–Crippen LogP) is 2.83. The largest absolute Gasteiger partial charge is 0.342 e. The maximum Gasteiger partial charge on any atom is 0.244 e. The van der Waals surface area contributed by atoms with Crippen molar-refractivity contribution in [3.05, 3.63) is 71.8 Å². The number of benzene rings is 2. The van der Waals surface area contributed by atoms with Crippen molar-refractivity contribution >= 4 is 23.6 Å². The van der Waals surface area contributed by atoms with Crippen LogP contribution in [0.1, 0.15) is 18.1 Å². The Hall–Kier alpha value is -3.32. The molecule has 0 unspecified atom stereocenters. The van der Waals surface area contributed by atoms with Gasteiger partial charge in [-0.05, 0) is 35.9 Å². The molecule has 0 aromatic heterocycles. The summed E-state index contributed by atoms with van der Waals surface area (Å²) in [6, 6.07) is 16.8. The first-order valence-corrected chi connectivity index (χ1v) is 7.51. The van der Waals surface area contributed by atoms with Crippen LogP contribution in [0.5, 0.6) is 0 Å². The minimum Gasteiger partial charge on any atom is -0.342 e. The molecule has 2 N–H and O–H groups in total. The Bertz CT molecular complexity index is 782. The lowest BCUT2D eigenvalue weighted by molar-refractivity contribution is -0.116. The Kier molecular flexibility index (Phi) is 6.36. The fraction of sp³-hybridized carbons (Fsp3) is 0.100. The van der Waals surface area contributed by atoms with Gasteiger partial charge in [0.15, 0.2) is 0 Å². The molecule has 0 atom stereocenters. The fourth-order valence-electron chi connectivity index (χ4n) is 1.91. The SMILES string of the molecule is CC(=O)Nc1ccc(C#CCNC(=O)/C=C/c2ccccc2)cc1. The molecular formula is C20H18N2O2. The first kappa shape index (κ1) is 17.0. The Morgan fingerprint density at radius 1 is 1.04 bits per heavy atom. The monoisotopic (exact) mass is 318 g/mol. The van der Waals surface area contributed by atoms with Gasteiger partial charge >= 0.3 is 0 Å². The topological polar surface area (TPSA) is 58.2 Å². The van der Waals surface area contributed by atoms with Crippen LogP contribution in [-0.2, 0) is 9.59 Å². The molecule has 0 aliphatic rings. The second-order valence-electron chi connectivity index (χ2n) is 5.02. The molecule has 0 saturated heterocycles. The van der Waals surface area contributed by atoms with E-state index in [1.54, 1.807) is 18.2 Å². The molecule has 0 bridgehead atoms. The summed E-state index contributed by atoms with van der Waals surface area (Å²) in [7, 11) is 0. The Balaban J connectivity index is 1.79. The summed E-state index contributed by atoms with van der Waals surface area (Å²) in [4.78, 5) is 22.6. The van der Waals surface area contributed by atoms with Gasteiger partial charge in [-0.3, -0.25) is 9.59 Å². The highest BCUT2D eigenvalue weighted by molar-refractivity contribution is 5.91. The molecule has 4 heteroatoms. The summed E-state index contributed by atoms with van der Waals surface area (Å²) < 4.78 is 0. The van der Waals surface area contributed by atoms with E-state index in [2.05, 4.69) is 22.5 Å². The van der Waals surface area contributed by atoms with Crippen LogP contribution in [0.3, 0.4) is 0 Å². The molecule has 0 aliphatic carbocycles. The van der Waals surface area contributed by atoms with Gasteiger partial charge in [-0.2, -0.15) is 0 Å². The first-order chi connectivity index (χ1) is 11.6. The third-order valence-corrected chi connectivity index (χ3v) is 3.02. The van der Waals surface area contributed by atoms with E-state index in [1.807, 2.05) is 42.5 Å². The minimum atomic E-state index is -0.186. The maximum absolute atomic E-state index is 11.7. The molecule has 120 valence electrons. The van der Waals surface area contributed by atoms with Crippen molar-refractivity contribution in [3.63, 3.8) is 0 Å². The van der Waals surface area contributed by atoms with Crippen LogP contribution in [-0.4, -0.2) is 18.4 Å². The summed E-state index contributed by atoms with van der Waals surface area (Å²) in [5, 5.41) is 5.39. The molecule has 2 aromatic rings. The molecule has 2 aromatic carbocycles. The van der Waals surface area contributed by atoms with Gasteiger partial charge in [-0.25, -0.2) is 0 Å². The molecule has 0 saturated carbocycles. The summed E-state index contributed by atoms with van der Waals surface area (Å²) in [6.07, 6.45) is 3.24. The number of nitrogens with one attached hydrogen (secondary N) is 2. The van der Waals surface area contributed by atoms with Gasteiger partial charge in [-0.1, -0.05) is 42.2 Å². The highest BCUT2D eigenvalue weighted by Crippen LogP contribution is 2.08. The zero-order valence-corrected chi connectivity index (χ0v) is 13.4. The van der Waals surface area contributed by atoms with Crippen molar-refractivity contribution in [1.29, 1.82) is 0 Å². The molecular weight excluding hydrogens is 300 g/mol. The van der Waals surface area contributed by atoms with E-state index in [-0.39, 0.29) is 18.4 Å². The Labute approximate surface area is 141 Å². The number of hydrogen-bond donors (Lipinski definition) is 2. The van der Waals surface area contributed by atoms with E-state index in [1.165, 1.54) is 13.0 Å². The molecule has 0 spiro atoms. The van der Waals surface area contributed by atoms with E-state index in [0.717, 1.165) is 16.8 Å². The standard InChI is InChI=1S/C20H18N2O2/c1-16(23)22-19-12-9-18(10-13-19)8-5-15-21-20(24)14-11-17-6-3-2-4-7-17/h2-4,6-7,9-14H,15H2,1H3,(H,21,24)(H,22,23)/b14-11+. The average Bonchev–Trinajstić information content (AvgIpc) is 2.59. The van der Waals surface area contributed by atoms with E-state index >= 15 is 0 Å². The van der Waals surface area contributed by atoms with Crippen molar-refractivity contribution in [3.8, 4) is 11.8 Å². The Morgan fingerprint density at radius 2 is 1.75 bits per heavy atom. The number of amides is 2. The fourth-order valence-corrected chi connectivity index (χ4v) is 1.91. The van der Waals surface area contributed by atoms with Gasteiger partial charge in [0.1, 0.15) is 0 Å². The van der Waals surface area contributed by atoms with Crippen LogP contribution in [0.15, 0.2) is 60.7 Å². The lowest BCUT2D eigenvalue weighted by Gasteiger charge is -2.00. The van der Waals surface area contributed by atoms with Gasteiger partial charge in [0.2, 0.25) is 11.8 Å². The highest BCUT2D eigenvalue weighted by Gasteiger charge is 1.95. The highest BCUT2D eigenvalue weighted by atomic mass is 16.2. The van der Waals surface area contributed by atoms with Gasteiger partial charge in [0, 0.05) is 24.3 Å². The lowest BCUT2D eigenvalue weighted by atomic mass is 10.2. The van der Waals surface area contributed by atoms with Crippen LogP contribution in [0.4, 0.5) is 5.69 Å². The summed E-state index contributed by atoms with van der Waals surface area (Å²) >= 11 is 0. The number of anilines is 1. The molecule has 0 fully saturated rings. The van der Waals surface area contributed by atoms with E-state index < -0.39 is 0 Å².